The van der Waals surface area contributed by atoms with Crippen LogP contribution in [0.2, 0.25) is 0 Å². The van der Waals surface area contributed by atoms with Crippen LogP contribution >= 0.6 is 0 Å². The number of carbonyl (C=O) groups is 1. The first-order valence-electron chi connectivity index (χ1n) is 7.59. The molecule has 0 spiro atoms. The average Bonchev–Trinajstić information content (AvgIpc) is 2.56. The topological polar surface area (TPSA) is 122 Å². The van der Waals surface area contributed by atoms with Gasteiger partial charge >= 0.3 is 6.09 Å². The second-order valence-electron chi connectivity index (χ2n) is 5.65. The summed E-state index contributed by atoms with van der Waals surface area (Å²) in [6, 6.07) is 3.70. The first-order chi connectivity index (χ1) is 11.5. The van der Waals surface area contributed by atoms with E-state index in [9.17, 15) is 4.79 Å². The van der Waals surface area contributed by atoms with Gasteiger partial charge in [-0.15, -0.1) is 0 Å². The lowest BCUT2D eigenvalue weighted by Crippen LogP contribution is -2.38. The lowest BCUT2D eigenvalue weighted by atomic mass is 9.92. The van der Waals surface area contributed by atoms with Crippen LogP contribution in [0.1, 0.15) is 17.7 Å². The van der Waals surface area contributed by atoms with Gasteiger partial charge in [0, 0.05) is 24.2 Å². The lowest BCUT2D eigenvalue weighted by molar-refractivity contribution is 0.188. The highest BCUT2D eigenvalue weighted by atomic mass is 16.5. The zero-order chi connectivity index (χ0) is 17.1. The van der Waals surface area contributed by atoms with Gasteiger partial charge in [-0.25, -0.2) is 9.78 Å². The number of hydrogen-bond acceptors (Lipinski definition) is 6. The minimum Gasteiger partial charge on any atom is -0.495 e. The molecule has 0 saturated carbocycles. The van der Waals surface area contributed by atoms with Gasteiger partial charge < -0.3 is 26.2 Å². The highest BCUT2D eigenvalue weighted by Gasteiger charge is 2.21. The van der Waals surface area contributed by atoms with Gasteiger partial charge in [0.1, 0.15) is 11.6 Å². The molecule has 1 amide bonds. The van der Waals surface area contributed by atoms with Gasteiger partial charge in [-0.3, -0.25) is 4.98 Å². The molecule has 5 N–H and O–H groups in total. The highest BCUT2D eigenvalue weighted by Crippen LogP contribution is 2.28. The standard InChI is InChI=1S/C16H19N5O3/c1-24-12-6-14(15(17)19-8-12)20-11-4-9-2-3-10(21-16(22)23)5-13(9)18-7-11/h4,6-8,10,20-21H,2-3,5H2,1H3,(H2,17,19)(H,22,23). The van der Waals surface area contributed by atoms with E-state index in [2.05, 4.69) is 20.6 Å². The minimum absolute atomic E-state index is 0.0838. The van der Waals surface area contributed by atoms with E-state index < -0.39 is 6.09 Å². The predicted molar refractivity (Wildman–Crippen MR) is 89.7 cm³/mol. The SMILES string of the molecule is COc1cnc(N)c(Nc2cnc3c(c2)CCC(NC(=O)O)C3)c1. The Hall–Kier alpha value is -3.03. The second kappa shape index (κ2) is 6.61. The molecule has 1 unspecified atom stereocenters. The summed E-state index contributed by atoms with van der Waals surface area (Å²) >= 11 is 0. The molecule has 24 heavy (non-hydrogen) atoms. The van der Waals surface area contributed by atoms with Gasteiger partial charge in [-0.1, -0.05) is 0 Å². The summed E-state index contributed by atoms with van der Waals surface area (Å²) in [5.74, 6) is 0.986. The van der Waals surface area contributed by atoms with Gasteiger partial charge in [-0.05, 0) is 24.5 Å². The van der Waals surface area contributed by atoms with Crippen molar-refractivity contribution in [1.29, 1.82) is 0 Å². The van der Waals surface area contributed by atoms with Crippen LogP contribution in [0.5, 0.6) is 5.75 Å². The number of nitrogens with two attached hydrogens (primary N) is 1. The monoisotopic (exact) mass is 329 g/mol. The van der Waals surface area contributed by atoms with Crippen molar-refractivity contribution in [2.24, 2.45) is 0 Å². The fraction of sp³-hybridized carbons (Fsp3) is 0.312. The Morgan fingerprint density at radius 2 is 2.21 bits per heavy atom. The fourth-order valence-corrected chi connectivity index (χ4v) is 2.79. The molecule has 0 fully saturated rings. The maximum atomic E-state index is 10.8. The van der Waals surface area contributed by atoms with Crippen LogP contribution in [-0.4, -0.2) is 34.3 Å². The molecule has 0 saturated heterocycles. The van der Waals surface area contributed by atoms with Gasteiger partial charge in [0.25, 0.3) is 0 Å². The van der Waals surface area contributed by atoms with Gasteiger partial charge in [0.2, 0.25) is 0 Å². The molecule has 2 heterocycles. The summed E-state index contributed by atoms with van der Waals surface area (Å²) < 4.78 is 5.15. The third-order valence-corrected chi connectivity index (χ3v) is 4.00. The van der Waals surface area contributed by atoms with E-state index in [0.717, 1.165) is 29.8 Å². The zero-order valence-electron chi connectivity index (χ0n) is 13.2. The number of nitrogen functional groups attached to an aromatic ring is 1. The Bertz CT molecular complexity index is 765. The highest BCUT2D eigenvalue weighted by molar-refractivity contribution is 5.71. The molecule has 1 aliphatic rings. The molecule has 2 aromatic rings. The van der Waals surface area contributed by atoms with Crippen molar-refractivity contribution in [2.45, 2.75) is 25.3 Å². The van der Waals surface area contributed by atoms with E-state index in [4.69, 9.17) is 15.6 Å². The number of methoxy groups -OCH3 is 1. The number of aromatic nitrogens is 2. The second-order valence-corrected chi connectivity index (χ2v) is 5.65. The molecule has 126 valence electrons. The Morgan fingerprint density at radius 3 is 2.96 bits per heavy atom. The first-order valence-corrected chi connectivity index (χ1v) is 7.59. The Morgan fingerprint density at radius 1 is 1.38 bits per heavy atom. The van der Waals surface area contributed by atoms with Crippen molar-refractivity contribution in [1.82, 2.24) is 15.3 Å². The van der Waals surface area contributed by atoms with Crippen molar-refractivity contribution in [3.8, 4) is 5.75 Å². The molecule has 1 atom stereocenters. The molecule has 0 radical (unpaired) electrons. The molecule has 0 aromatic carbocycles. The summed E-state index contributed by atoms with van der Waals surface area (Å²) in [5, 5.41) is 14.5. The van der Waals surface area contributed by atoms with E-state index in [1.165, 1.54) is 0 Å². The Labute approximate surface area is 139 Å². The largest absolute Gasteiger partial charge is 0.495 e. The normalized spacial score (nSPS) is 16.1. The number of pyridine rings is 2. The van der Waals surface area contributed by atoms with E-state index in [-0.39, 0.29) is 6.04 Å². The third kappa shape index (κ3) is 3.48. The van der Waals surface area contributed by atoms with Crippen LogP contribution in [0.15, 0.2) is 24.5 Å². The molecule has 8 nitrogen and oxygen atoms in total. The van der Waals surface area contributed by atoms with Crippen LogP contribution < -0.4 is 21.1 Å². The van der Waals surface area contributed by atoms with Crippen molar-refractivity contribution in [3.05, 3.63) is 35.8 Å². The quantitative estimate of drug-likeness (QED) is 0.676. The number of hydrogen-bond donors (Lipinski definition) is 4. The summed E-state index contributed by atoms with van der Waals surface area (Å²) in [6.45, 7) is 0. The maximum absolute atomic E-state index is 10.8. The fourth-order valence-electron chi connectivity index (χ4n) is 2.79. The third-order valence-electron chi connectivity index (χ3n) is 4.00. The van der Waals surface area contributed by atoms with Crippen LogP contribution in [0.25, 0.3) is 0 Å². The molecule has 2 aromatic heterocycles. The number of nitrogens with one attached hydrogen (secondary N) is 2. The Balaban J connectivity index is 1.77. The van der Waals surface area contributed by atoms with Gasteiger partial charge in [0.05, 0.1) is 30.9 Å². The molecule has 0 aliphatic heterocycles. The van der Waals surface area contributed by atoms with Crippen LogP contribution in [0.3, 0.4) is 0 Å². The molecule has 8 heteroatoms. The molecule has 1 aliphatic carbocycles. The van der Waals surface area contributed by atoms with Crippen molar-refractivity contribution < 1.29 is 14.6 Å². The van der Waals surface area contributed by atoms with Crippen LogP contribution in [0.4, 0.5) is 22.0 Å². The van der Waals surface area contributed by atoms with E-state index >= 15 is 0 Å². The van der Waals surface area contributed by atoms with Crippen molar-refractivity contribution in [3.63, 3.8) is 0 Å². The number of aryl methyl sites for hydroxylation is 1. The summed E-state index contributed by atoms with van der Waals surface area (Å²) in [7, 11) is 1.57. The van der Waals surface area contributed by atoms with Gasteiger partial charge in [-0.2, -0.15) is 0 Å². The van der Waals surface area contributed by atoms with Crippen LogP contribution in [-0.2, 0) is 12.8 Å². The minimum atomic E-state index is -0.997. The van der Waals surface area contributed by atoms with E-state index in [1.807, 2.05) is 6.07 Å². The molecule has 3 rings (SSSR count). The van der Waals surface area contributed by atoms with Crippen molar-refractivity contribution in [2.75, 3.05) is 18.2 Å². The predicted octanol–water partition coefficient (Wildman–Crippen LogP) is 1.94. The summed E-state index contributed by atoms with van der Waals surface area (Å²) in [5.41, 5.74) is 9.36. The molecule has 0 bridgehead atoms. The number of ether oxygens (including phenoxy) is 1. The lowest BCUT2D eigenvalue weighted by Gasteiger charge is -2.24. The van der Waals surface area contributed by atoms with Crippen molar-refractivity contribution >= 4 is 23.3 Å². The van der Waals surface area contributed by atoms with E-state index in [0.29, 0.717) is 23.7 Å². The number of fused-ring (bicyclic) bond motifs is 1. The molecular weight excluding hydrogens is 310 g/mol. The average molecular weight is 329 g/mol. The molecular formula is C16H19N5O3. The Kier molecular flexibility index (Phi) is 4.37. The van der Waals surface area contributed by atoms with E-state index in [1.54, 1.807) is 25.6 Å². The number of rotatable bonds is 4. The first kappa shape index (κ1) is 15.9. The smallest absolute Gasteiger partial charge is 0.404 e. The summed E-state index contributed by atoms with van der Waals surface area (Å²) in [4.78, 5) is 19.3. The van der Waals surface area contributed by atoms with Crippen LogP contribution in [0, 0.1) is 0 Å². The number of anilines is 3. The number of amides is 1. The number of nitrogens with zero attached hydrogens (tertiary/aromatic N) is 2. The number of carboxylic acid groups (broad SMARTS) is 1. The van der Waals surface area contributed by atoms with Gasteiger partial charge in [0.15, 0.2) is 0 Å². The summed E-state index contributed by atoms with van der Waals surface area (Å²) in [6.07, 6.45) is 4.40. The zero-order valence-corrected chi connectivity index (χ0v) is 13.2. The maximum Gasteiger partial charge on any atom is 0.404 e.